The summed E-state index contributed by atoms with van der Waals surface area (Å²) in [6.45, 7) is 3.77. The molecule has 1 aromatic carbocycles. The highest BCUT2D eigenvalue weighted by molar-refractivity contribution is 5.22. The molecular weight excluding hydrogens is 246 g/mol. The third-order valence-corrected chi connectivity index (χ3v) is 3.10. The van der Waals surface area contributed by atoms with Crippen LogP contribution in [0.2, 0.25) is 0 Å². The van der Waals surface area contributed by atoms with Crippen LogP contribution in [0.25, 0.3) is 0 Å². The van der Waals surface area contributed by atoms with Gasteiger partial charge in [0.15, 0.2) is 0 Å². The highest BCUT2D eigenvalue weighted by atomic mass is 19.1. The second kappa shape index (κ2) is 5.89. The smallest absolute Gasteiger partial charge is 0.141 e. The molecule has 1 heterocycles. The second-order valence-corrected chi connectivity index (χ2v) is 4.57. The Bertz CT molecular complexity index is 557. The fourth-order valence-corrected chi connectivity index (χ4v) is 2.05. The van der Waals surface area contributed by atoms with Gasteiger partial charge in [-0.15, -0.1) is 0 Å². The molecule has 2 nitrogen and oxygen atoms in total. The van der Waals surface area contributed by atoms with Gasteiger partial charge in [0, 0.05) is 23.8 Å². The van der Waals surface area contributed by atoms with Crippen LogP contribution in [0.5, 0.6) is 0 Å². The molecule has 4 heteroatoms. The summed E-state index contributed by atoms with van der Waals surface area (Å²) in [5.41, 5.74) is 1.34. The zero-order valence-electron chi connectivity index (χ0n) is 10.9. The van der Waals surface area contributed by atoms with E-state index in [1.807, 2.05) is 13.8 Å². The number of nitrogens with zero attached hydrogens (tertiary/aromatic N) is 1. The minimum Gasteiger partial charge on any atom is -0.303 e. The molecule has 0 aliphatic rings. The monoisotopic (exact) mass is 262 g/mol. The van der Waals surface area contributed by atoms with Crippen LogP contribution in [0.15, 0.2) is 42.7 Å². The first-order chi connectivity index (χ1) is 9.08. The molecule has 0 bridgehead atoms. The normalized spacial score (nSPS) is 14.1. The highest BCUT2D eigenvalue weighted by Crippen LogP contribution is 2.21. The summed E-state index contributed by atoms with van der Waals surface area (Å²) < 4.78 is 26.7. The highest BCUT2D eigenvalue weighted by Gasteiger charge is 2.14. The molecule has 0 radical (unpaired) electrons. The maximum Gasteiger partial charge on any atom is 0.141 e. The Morgan fingerprint density at radius 3 is 2.47 bits per heavy atom. The third-order valence-electron chi connectivity index (χ3n) is 3.10. The zero-order valence-corrected chi connectivity index (χ0v) is 10.9. The van der Waals surface area contributed by atoms with Crippen molar-refractivity contribution in [1.29, 1.82) is 0 Å². The molecule has 2 aromatic rings. The predicted molar refractivity (Wildman–Crippen MR) is 70.6 cm³/mol. The third kappa shape index (κ3) is 3.35. The number of benzene rings is 1. The number of aromatic nitrogens is 1. The van der Waals surface area contributed by atoms with Crippen molar-refractivity contribution in [1.82, 2.24) is 10.3 Å². The van der Waals surface area contributed by atoms with Crippen molar-refractivity contribution in [2.75, 3.05) is 0 Å². The van der Waals surface area contributed by atoms with Crippen LogP contribution in [0, 0.1) is 11.6 Å². The lowest BCUT2D eigenvalue weighted by Gasteiger charge is -2.21. The molecule has 0 spiro atoms. The van der Waals surface area contributed by atoms with Crippen LogP contribution in [-0.2, 0) is 0 Å². The topological polar surface area (TPSA) is 24.9 Å². The molecule has 1 N–H and O–H groups in total. The van der Waals surface area contributed by atoms with E-state index in [2.05, 4.69) is 10.3 Å². The molecule has 2 rings (SSSR count). The number of nitrogens with one attached hydrogen (secondary N) is 1. The Morgan fingerprint density at radius 2 is 1.79 bits per heavy atom. The van der Waals surface area contributed by atoms with Crippen molar-refractivity contribution in [3.63, 3.8) is 0 Å². The molecule has 0 amide bonds. The summed E-state index contributed by atoms with van der Waals surface area (Å²) in [6.07, 6.45) is 2.77. The Balaban J connectivity index is 2.11. The Hall–Kier alpha value is -1.81. The van der Waals surface area contributed by atoms with Crippen molar-refractivity contribution in [3.8, 4) is 0 Å². The van der Waals surface area contributed by atoms with E-state index in [1.54, 1.807) is 24.4 Å². The summed E-state index contributed by atoms with van der Waals surface area (Å²) in [6, 6.07) is 7.78. The van der Waals surface area contributed by atoms with E-state index in [0.29, 0.717) is 5.56 Å². The van der Waals surface area contributed by atoms with Gasteiger partial charge in [-0.1, -0.05) is 18.2 Å². The molecule has 19 heavy (non-hydrogen) atoms. The van der Waals surface area contributed by atoms with Gasteiger partial charge in [-0.05, 0) is 31.5 Å². The lowest BCUT2D eigenvalue weighted by Crippen LogP contribution is -2.23. The number of pyridine rings is 1. The van der Waals surface area contributed by atoms with Gasteiger partial charge in [0.25, 0.3) is 0 Å². The van der Waals surface area contributed by atoms with Crippen molar-refractivity contribution in [3.05, 3.63) is 65.5 Å². The number of hydrogen-bond donors (Lipinski definition) is 1. The van der Waals surface area contributed by atoms with E-state index in [4.69, 9.17) is 0 Å². The van der Waals surface area contributed by atoms with Gasteiger partial charge in [-0.2, -0.15) is 0 Å². The largest absolute Gasteiger partial charge is 0.303 e. The van der Waals surface area contributed by atoms with Crippen LogP contribution < -0.4 is 5.32 Å². The number of hydrogen-bond acceptors (Lipinski definition) is 2. The van der Waals surface area contributed by atoms with Crippen LogP contribution >= 0.6 is 0 Å². The van der Waals surface area contributed by atoms with E-state index < -0.39 is 0 Å². The van der Waals surface area contributed by atoms with E-state index in [-0.39, 0.29) is 23.7 Å². The quantitative estimate of drug-likeness (QED) is 0.907. The van der Waals surface area contributed by atoms with Gasteiger partial charge in [0.1, 0.15) is 11.6 Å². The average Bonchev–Trinajstić information content (AvgIpc) is 2.39. The maximum atomic E-state index is 13.6. The standard InChI is InChI=1S/C15H16F2N2/c1-10(12-7-13(16)9-18-8-12)19-11(2)14-5-3-4-6-15(14)17/h3-11,19H,1-2H3/t10?,11-/m1/s1. The summed E-state index contributed by atoms with van der Waals surface area (Å²) in [5.74, 6) is -0.614. The molecule has 100 valence electrons. The molecule has 1 aromatic heterocycles. The minimum atomic E-state index is -0.371. The van der Waals surface area contributed by atoms with Crippen LogP contribution in [0.4, 0.5) is 8.78 Å². The van der Waals surface area contributed by atoms with E-state index in [1.165, 1.54) is 12.1 Å². The summed E-state index contributed by atoms with van der Waals surface area (Å²) in [7, 11) is 0. The van der Waals surface area contributed by atoms with Gasteiger partial charge in [0.2, 0.25) is 0 Å². The second-order valence-electron chi connectivity index (χ2n) is 4.57. The first-order valence-corrected chi connectivity index (χ1v) is 6.19. The Morgan fingerprint density at radius 1 is 1.05 bits per heavy atom. The minimum absolute atomic E-state index is 0.113. The van der Waals surface area contributed by atoms with Crippen LogP contribution in [0.1, 0.15) is 37.1 Å². The average molecular weight is 262 g/mol. The molecular formula is C15H16F2N2. The molecule has 0 saturated carbocycles. The van der Waals surface area contributed by atoms with E-state index in [9.17, 15) is 8.78 Å². The SMILES string of the molecule is CC(N[C@H](C)c1ccccc1F)c1cncc(F)c1. The first kappa shape index (κ1) is 13.6. The molecule has 1 unspecified atom stereocenters. The van der Waals surface area contributed by atoms with Gasteiger partial charge < -0.3 is 5.32 Å². The number of halogens is 2. The Kier molecular flexibility index (Phi) is 4.22. The first-order valence-electron chi connectivity index (χ1n) is 6.19. The molecule has 2 atom stereocenters. The Labute approximate surface area is 111 Å². The lowest BCUT2D eigenvalue weighted by molar-refractivity contribution is 0.471. The lowest BCUT2D eigenvalue weighted by atomic mass is 10.0. The van der Waals surface area contributed by atoms with Crippen molar-refractivity contribution >= 4 is 0 Å². The fourth-order valence-electron chi connectivity index (χ4n) is 2.05. The van der Waals surface area contributed by atoms with E-state index in [0.717, 1.165) is 11.8 Å². The maximum absolute atomic E-state index is 13.6. The molecule has 0 saturated heterocycles. The van der Waals surface area contributed by atoms with Crippen molar-refractivity contribution in [2.45, 2.75) is 25.9 Å². The number of rotatable bonds is 4. The predicted octanol–water partition coefficient (Wildman–Crippen LogP) is 3.77. The fraction of sp³-hybridized carbons (Fsp3) is 0.267. The molecule has 0 fully saturated rings. The van der Waals surface area contributed by atoms with Crippen LogP contribution in [-0.4, -0.2) is 4.98 Å². The van der Waals surface area contributed by atoms with Crippen molar-refractivity contribution < 1.29 is 8.78 Å². The van der Waals surface area contributed by atoms with Gasteiger partial charge in [0.05, 0.1) is 6.20 Å². The van der Waals surface area contributed by atoms with E-state index >= 15 is 0 Å². The summed E-state index contributed by atoms with van der Waals surface area (Å²) in [4.78, 5) is 3.81. The summed E-state index contributed by atoms with van der Waals surface area (Å²) >= 11 is 0. The zero-order chi connectivity index (χ0) is 13.8. The van der Waals surface area contributed by atoms with Gasteiger partial charge in [-0.25, -0.2) is 8.78 Å². The van der Waals surface area contributed by atoms with Gasteiger partial charge >= 0.3 is 0 Å². The van der Waals surface area contributed by atoms with Gasteiger partial charge in [-0.3, -0.25) is 4.98 Å². The molecule has 0 aliphatic heterocycles. The van der Waals surface area contributed by atoms with Crippen molar-refractivity contribution in [2.24, 2.45) is 0 Å². The molecule has 0 aliphatic carbocycles. The summed E-state index contributed by atoms with van der Waals surface area (Å²) in [5, 5.41) is 3.23. The van der Waals surface area contributed by atoms with Crippen LogP contribution in [0.3, 0.4) is 0 Å².